The molecule has 2 N–H and O–H groups in total. The Bertz CT molecular complexity index is 271. The SMILES string of the molecule is CC(C)CCCCCCC/C=C\CCCCCCCC(N)=O. The fourth-order valence-corrected chi connectivity index (χ4v) is 2.67. The molecular formula is C20H39NO. The van der Waals surface area contributed by atoms with Gasteiger partial charge in [0.1, 0.15) is 0 Å². The van der Waals surface area contributed by atoms with Crippen molar-refractivity contribution >= 4 is 5.91 Å². The van der Waals surface area contributed by atoms with Crippen LogP contribution < -0.4 is 5.73 Å². The number of hydrogen-bond donors (Lipinski definition) is 1. The molecule has 0 bridgehead atoms. The second-order valence-corrected chi connectivity index (χ2v) is 6.98. The molecule has 0 fully saturated rings. The molecule has 0 saturated carbocycles. The number of nitrogens with two attached hydrogens (primary N) is 1. The Kier molecular flexibility index (Phi) is 16.0. The zero-order chi connectivity index (χ0) is 16.5. The Labute approximate surface area is 138 Å². The summed E-state index contributed by atoms with van der Waals surface area (Å²) in [4.78, 5) is 10.6. The van der Waals surface area contributed by atoms with E-state index in [2.05, 4.69) is 26.0 Å². The molecular weight excluding hydrogens is 270 g/mol. The van der Waals surface area contributed by atoms with Crippen molar-refractivity contribution < 1.29 is 4.79 Å². The lowest BCUT2D eigenvalue weighted by Gasteiger charge is -2.03. The van der Waals surface area contributed by atoms with Gasteiger partial charge in [0.25, 0.3) is 0 Å². The third-order valence-corrected chi connectivity index (χ3v) is 4.11. The second kappa shape index (κ2) is 16.6. The predicted octanol–water partition coefficient (Wildman–Crippen LogP) is 6.15. The van der Waals surface area contributed by atoms with Gasteiger partial charge >= 0.3 is 0 Å². The van der Waals surface area contributed by atoms with Crippen LogP contribution in [0.5, 0.6) is 0 Å². The molecule has 0 aromatic rings. The van der Waals surface area contributed by atoms with E-state index in [1.807, 2.05) is 0 Å². The van der Waals surface area contributed by atoms with Crippen LogP contribution in [-0.4, -0.2) is 5.91 Å². The normalized spacial score (nSPS) is 11.6. The van der Waals surface area contributed by atoms with Gasteiger partial charge in [0.15, 0.2) is 0 Å². The van der Waals surface area contributed by atoms with Crippen molar-refractivity contribution in [2.24, 2.45) is 11.7 Å². The molecule has 0 aliphatic carbocycles. The third-order valence-electron chi connectivity index (χ3n) is 4.11. The largest absolute Gasteiger partial charge is 0.370 e. The highest BCUT2D eigenvalue weighted by atomic mass is 16.1. The van der Waals surface area contributed by atoms with Crippen LogP contribution in [0.4, 0.5) is 0 Å². The number of carbonyl (C=O) groups excluding carboxylic acids is 1. The van der Waals surface area contributed by atoms with Crippen molar-refractivity contribution in [3.63, 3.8) is 0 Å². The maximum Gasteiger partial charge on any atom is 0.217 e. The molecule has 22 heavy (non-hydrogen) atoms. The van der Waals surface area contributed by atoms with Gasteiger partial charge in [-0.3, -0.25) is 4.79 Å². The van der Waals surface area contributed by atoms with Gasteiger partial charge in [-0.05, 0) is 38.0 Å². The van der Waals surface area contributed by atoms with E-state index in [0.29, 0.717) is 6.42 Å². The smallest absolute Gasteiger partial charge is 0.217 e. The van der Waals surface area contributed by atoms with E-state index < -0.39 is 0 Å². The summed E-state index contributed by atoms with van der Waals surface area (Å²) < 4.78 is 0. The molecule has 0 aromatic heterocycles. The number of amides is 1. The monoisotopic (exact) mass is 309 g/mol. The summed E-state index contributed by atoms with van der Waals surface area (Å²) in [5.74, 6) is 0.703. The molecule has 0 saturated heterocycles. The maximum absolute atomic E-state index is 10.6. The Hall–Kier alpha value is -0.790. The minimum atomic E-state index is -0.164. The molecule has 0 rings (SSSR count). The quantitative estimate of drug-likeness (QED) is 0.270. The highest BCUT2D eigenvalue weighted by Crippen LogP contribution is 2.12. The van der Waals surface area contributed by atoms with E-state index in [-0.39, 0.29) is 5.91 Å². The summed E-state index contributed by atoms with van der Waals surface area (Å²) in [5.41, 5.74) is 5.11. The lowest BCUT2D eigenvalue weighted by atomic mass is 10.0. The topological polar surface area (TPSA) is 43.1 Å². The van der Waals surface area contributed by atoms with E-state index in [9.17, 15) is 4.79 Å². The van der Waals surface area contributed by atoms with Crippen molar-refractivity contribution in [2.75, 3.05) is 0 Å². The van der Waals surface area contributed by atoms with Gasteiger partial charge in [0.2, 0.25) is 5.91 Å². The number of rotatable bonds is 16. The number of allylic oxidation sites excluding steroid dienone is 2. The zero-order valence-electron chi connectivity index (χ0n) is 15.1. The van der Waals surface area contributed by atoms with Gasteiger partial charge in [-0.2, -0.15) is 0 Å². The molecule has 130 valence electrons. The Morgan fingerprint density at radius 1 is 0.773 bits per heavy atom. The highest BCUT2D eigenvalue weighted by molar-refractivity contribution is 5.73. The summed E-state index contributed by atoms with van der Waals surface area (Å²) in [6, 6.07) is 0. The van der Waals surface area contributed by atoms with Crippen molar-refractivity contribution in [1.82, 2.24) is 0 Å². The first kappa shape index (κ1) is 21.2. The lowest BCUT2D eigenvalue weighted by Crippen LogP contribution is -2.09. The number of hydrogen-bond acceptors (Lipinski definition) is 1. The Balaban J connectivity index is 3.10. The van der Waals surface area contributed by atoms with Crippen LogP contribution in [0.1, 0.15) is 104 Å². The molecule has 2 nitrogen and oxygen atoms in total. The standard InChI is InChI=1S/C20H39NO/c1-19(2)17-15-13-11-9-7-5-3-4-6-8-10-12-14-16-18-20(21)22/h3-4,19H,5-18H2,1-2H3,(H2,21,22)/b4-3-. The molecule has 0 aromatic carbocycles. The molecule has 0 aliphatic heterocycles. The molecule has 2 heteroatoms. The molecule has 0 unspecified atom stereocenters. The van der Waals surface area contributed by atoms with E-state index in [1.54, 1.807) is 0 Å². The minimum Gasteiger partial charge on any atom is -0.370 e. The zero-order valence-corrected chi connectivity index (χ0v) is 15.1. The average molecular weight is 310 g/mol. The highest BCUT2D eigenvalue weighted by Gasteiger charge is 1.95. The van der Waals surface area contributed by atoms with Gasteiger partial charge in [-0.15, -0.1) is 0 Å². The third kappa shape index (κ3) is 19.2. The molecule has 0 heterocycles. The van der Waals surface area contributed by atoms with Crippen molar-refractivity contribution in [3.05, 3.63) is 12.2 Å². The molecule has 0 atom stereocenters. The van der Waals surface area contributed by atoms with Crippen LogP contribution >= 0.6 is 0 Å². The van der Waals surface area contributed by atoms with E-state index in [1.165, 1.54) is 70.6 Å². The van der Waals surface area contributed by atoms with E-state index >= 15 is 0 Å². The predicted molar refractivity (Wildman–Crippen MR) is 97.8 cm³/mol. The van der Waals surface area contributed by atoms with Gasteiger partial charge in [0.05, 0.1) is 0 Å². The van der Waals surface area contributed by atoms with Crippen LogP contribution in [0.15, 0.2) is 12.2 Å². The average Bonchev–Trinajstić information content (AvgIpc) is 2.46. The van der Waals surface area contributed by atoms with Crippen LogP contribution in [0.25, 0.3) is 0 Å². The van der Waals surface area contributed by atoms with Crippen LogP contribution in [-0.2, 0) is 4.79 Å². The van der Waals surface area contributed by atoms with Gasteiger partial charge in [-0.25, -0.2) is 0 Å². The van der Waals surface area contributed by atoms with Gasteiger partial charge in [0, 0.05) is 6.42 Å². The first-order chi connectivity index (χ1) is 10.6. The first-order valence-corrected chi connectivity index (χ1v) is 9.56. The Morgan fingerprint density at radius 3 is 1.73 bits per heavy atom. The molecule has 0 aliphatic rings. The first-order valence-electron chi connectivity index (χ1n) is 9.56. The maximum atomic E-state index is 10.6. The summed E-state index contributed by atoms with van der Waals surface area (Å²) in [6.45, 7) is 4.62. The number of carbonyl (C=O) groups is 1. The second-order valence-electron chi connectivity index (χ2n) is 6.98. The van der Waals surface area contributed by atoms with Crippen LogP contribution in [0, 0.1) is 5.92 Å². The number of unbranched alkanes of at least 4 members (excludes halogenated alkanes) is 10. The lowest BCUT2D eigenvalue weighted by molar-refractivity contribution is -0.118. The summed E-state index contributed by atoms with van der Waals surface area (Å²) in [5, 5.41) is 0. The molecule has 1 amide bonds. The summed E-state index contributed by atoms with van der Waals surface area (Å²) in [6.07, 6.45) is 22.0. The van der Waals surface area contributed by atoms with Gasteiger partial charge < -0.3 is 5.73 Å². The van der Waals surface area contributed by atoms with Crippen LogP contribution in [0.2, 0.25) is 0 Å². The van der Waals surface area contributed by atoms with Gasteiger partial charge in [-0.1, -0.05) is 77.4 Å². The van der Waals surface area contributed by atoms with Crippen molar-refractivity contribution in [1.29, 1.82) is 0 Å². The minimum absolute atomic E-state index is 0.164. The fraction of sp³-hybridized carbons (Fsp3) is 0.850. The fourth-order valence-electron chi connectivity index (χ4n) is 2.67. The molecule has 0 spiro atoms. The van der Waals surface area contributed by atoms with E-state index in [0.717, 1.165) is 18.8 Å². The summed E-state index contributed by atoms with van der Waals surface area (Å²) in [7, 11) is 0. The number of primary amides is 1. The van der Waals surface area contributed by atoms with E-state index in [4.69, 9.17) is 5.73 Å². The Morgan fingerprint density at radius 2 is 1.23 bits per heavy atom. The van der Waals surface area contributed by atoms with Crippen molar-refractivity contribution in [3.8, 4) is 0 Å². The molecule has 0 radical (unpaired) electrons. The van der Waals surface area contributed by atoms with Crippen LogP contribution in [0.3, 0.4) is 0 Å². The summed E-state index contributed by atoms with van der Waals surface area (Å²) >= 11 is 0. The van der Waals surface area contributed by atoms with Crippen molar-refractivity contribution in [2.45, 2.75) is 104 Å².